The Bertz CT molecular complexity index is 1620. The van der Waals surface area contributed by atoms with Crippen molar-refractivity contribution in [3.63, 3.8) is 0 Å². The van der Waals surface area contributed by atoms with Crippen LogP contribution in [0.4, 0.5) is 40.3 Å². The topological polar surface area (TPSA) is 28.2 Å². The maximum Gasteiger partial charge on any atom is 0.127 e. The second-order valence-electron chi connectivity index (χ2n) is 17.9. The molecular formula is C48H72F4N2P4Pd2+2. The van der Waals surface area contributed by atoms with Gasteiger partial charge in [0.15, 0.2) is 0 Å². The summed E-state index contributed by atoms with van der Waals surface area (Å²) in [5.74, 6) is -0.847. The number of rotatable bonds is 16. The Balaban J connectivity index is 0.000000581. The van der Waals surface area contributed by atoms with Crippen molar-refractivity contribution in [2.45, 2.75) is 156 Å². The molecule has 0 heterocycles. The zero-order valence-corrected chi connectivity index (χ0v) is 45.7. The molecule has 0 bridgehead atoms. The van der Waals surface area contributed by atoms with Gasteiger partial charge in [0.25, 0.3) is 0 Å². The molecule has 0 radical (unpaired) electrons. The molecule has 0 unspecified atom stereocenters. The number of hydrogen-bond donors (Lipinski definition) is 0. The van der Waals surface area contributed by atoms with Crippen LogP contribution < -0.4 is 21.2 Å². The van der Waals surface area contributed by atoms with Gasteiger partial charge >= 0.3 is 0 Å². The Kier molecular flexibility index (Phi) is 25.1. The predicted molar refractivity (Wildman–Crippen MR) is 264 cm³/mol. The zero-order chi connectivity index (χ0) is 43.8. The van der Waals surface area contributed by atoms with Crippen molar-refractivity contribution in [1.82, 2.24) is 0 Å². The van der Waals surface area contributed by atoms with Gasteiger partial charge in [0.1, 0.15) is 23.3 Å². The molecule has 0 aliphatic carbocycles. The summed E-state index contributed by atoms with van der Waals surface area (Å²) < 4.78 is 56.7. The maximum atomic E-state index is 14.2. The van der Waals surface area contributed by atoms with Gasteiger partial charge in [0, 0.05) is 96.8 Å². The number of benzene rings is 4. The molecule has 0 amide bonds. The first kappa shape index (κ1) is 57.3. The number of halogens is 4. The molecule has 0 spiro atoms. The summed E-state index contributed by atoms with van der Waals surface area (Å²) in [7, 11) is -4.00. The molecule has 0 N–H and O–H groups in total. The third-order valence-electron chi connectivity index (χ3n) is 10.5. The Labute approximate surface area is 394 Å². The van der Waals surface area contributed by atoms with E-state index in [4.69, 9.17) is 10.6 Å². The molecule has 0 fully saturated rings. The summed E-state index contributed by atoms with van der Waals surface area (Å²) in [6.07, 6.45) is 0. The third kappa shape index (κ3) is 15.7. The first-order valence-corrected chi connectivity index (χ1v) is 27.8. The Morgan fingerprint density at radius 2 is 0.450 bits per heavy atom. The van der Waals surface area contributed by atoms with E-state index in [1.54, 1.807) is 48.5 Å². The average molecular weight is 1090 g/mol. The molecular weight excluding hydrogens is 1020 g/mol. The molecule has 0 aliphatic rings. The normalized spacial score (nSPS) is 11.9. The Morgan fingerprint density at radius 1 is 0.300 bits per heavy atom. The van der Waals surface area contributed by atoms with Crippen LogP contribution in [0.25, 0.3) is 10.6 Å². The van der Waals surface area contributed by atoms with Crippen LogP contribution in [-0.4, -0.2) is 45.3 Å². The first-order chi connectivity index (χ1) is 27.0. The van der Waals surface area contributed by atoms with Gasteiger partial charge in [0.05, 0.1) is 66.5 Å². The van der Waals surface area contributed by atoms with Crippen molar-refractivity contribution in [2.75, 3.05) is 0 Å². The molecule has 0 saturated heterocycles. The van der Waals surface area contributed by atoms with E-state index in [9.17, 15) is 17.6 Å². The van der Waals surface area contributed by atoms with E-state index >= 15 is 0 Å². The molecule has 4 aromatic carbocycles. The van der Waals surface area contributed by atoms with Gasteiger partial charge in [-0.2, -0.15) is 0 Å². The van der Waals surface area contributed by atoms with E-state index < -0.39 is 31.7 Å². The van der Waals surface area contributed by atoms with Gasteiger partial charge in [-0.25, -0.2) is 17.6 Å². The monoisotopic (exact) mass is 1090 g/mol. The molecule has 0 atom stereocenters. The number of hydrogen-bond acceptors (Lipinski definition) is 0. The van der Waals surface area contributed by atoms with Crippen molar-refractivity contribution < 1.29 is 58.4 Å². The molecule has 4 rings (SSSR count). The molecule has 0 aromatic heterocycles. The van der Waals surface area contributed by atoms with Gasteiger partial charge in [-0.15, -0.1) is 0 Å². The van der Waals surface area contributed by atoms with Gasteiger partial charge in [0.2, 0.25) is 0 Å². The van der Waals surface area contributed by atoms with E-state index in [0.29, 0.717) is 45.3 Å². The molecule has 0 aliphatic heterocycles. The molecule has 12 heteroatoms. The number of nitrogens with zero attached hydrogens (tertiary/aromatic N) is 2. The van der Waals surface area contributed by atoms with Gasteiger partial charge in [-0.3, -0.25) is 0 Å². The zero-order valence-electron chi connectivity index (χ0n) is 38.6. The summed E-state index contributed by atoms with van der Waals surface area (Å²) in [6, 6.07) is 19.8. The minimum atomic E-state index is -1.000. The van der Waals surface area contributed by atoms with Gasteiger partial charge in [-0.1, -0.05) is 47.0 Å². The minimum absolute atomic E-state index is 0. The van der Waals surface area contributed by atoms with E-state index in [1.807, 2.05) is 0 Å². The predicted octanol–water partition coefficient (Wildman–Crippen LogP) is 15.2. The average Bonchev–Trinajstić information content (AvgIpc) is 3.08. The largest absolute Gasteiger partial charge is 0.651 e. The maximum absolute atomic E-state index is 14.2. The Hall–Kier alpha value is -0.755. The van der Waals surface area contributed by atoms with E-state index in [2.05, 4.69) is 111 Å². The molecule has 2 nitrogen and oxygen atoms in total. The van der Waals surface area contributed by atoms with Crippen molar-refractivity contribution >= 4 is 75.7 Å². The summed E-state index contributed by atoms with van der Waals surface area (Å²) in [5.41, 5.74) is 7.09. The quantitative estimate of drug-likeness (QED) is 0.0608. The molecule has 60 heavy (non-hydrogen) atoms. The van der Waals surface area contributed by atoms with Gasteiger partial charge in [-0.05, 0) is 135 Å². The smallest absolute Gasteiger partial charge is 0.127 e. The second kappa shape index (κ2) is 26.3. The summed E-state index contributed by atoms with van der Waals surface area (Å²) in [6.45, 7) is 35.4. The third-order valence-corrected chi connectivity index (χ3v) is 24.6. The van der Waals surface area contributed by atoms with Crippen molar-refractivity contribution in [1.29, 1.82) is 0 Å². The van der Waals surface area contributed by atoms with Crippen molar-refractivity contribution in [3.8, 4) is 0 Å². The molecule has 4 aromatic rings. The fourth-order valence-corrected chi connectivity index (χ4v) is 22.0. The molecule has 0 saturated carbocycles. The van der Waals surface area contributed by atoms with Crippen LogP contribution in [0.15, 0.2) is 72.8 Å². The fourth-order valence-electron chi connectivity index (χ4n) is 8.76. The minimum Gasteiger partial charge on any atom is -0.651 e. The van der Waals surface area contributed by atoms with E-state index in [1.165, 1.54) is 24.3 Å². The fraction of sp³-hybridized carbons (Fsp3) is 0.500. The molecule has 340 valence electrons. The van der Waals surface area contributed by atoms with Crippen LogP contribution >= 0.6 is 31.7 Å². The van der Waals surface area contributed by atoms with Crippen LogP contribution in [0.5, 0.6) is 0 Å². The van der Waals surface area contributed by atoms with Crippen molar-refractivity contribution in [2.24, 2.45) is 0 Å². The van der Waals surface area contributed by atoms with E-state index in [0.717, 1.165) is 44.0 Å². The SMILES string of the molecule is CC(C)[PH+](c1cc(F)ccc1[N-]c1ccc(F)cc1[PH+](C(C)C)C(C)C)C(C)C.CC(C)[PH+](c1cc(F)ccc1[N-]c1ccc(F)cc1[PH+](C(C)C)C(C)C)C(C)C.[Pd].[Pd]. The van der Waals surface area contributed by atoms with E-state index in [-0.39, 0.29) is 64.1 Å². The van der Waals surface area contributed by atoms with Crippen molar-refractivity contribution in [3.05, 3.63) is 107 Å². The van der Waals surface area contributed by atoms with Crippen LogP contribution in [-0.2, 0) is 40.8 Å². The van der Waals surface area contributed by atoms with Gasteiger partial charge < -0.3 is 10.6 Å². The summed E-state index contributed by atoms with van der Waals surface area (Å²) in [4.78, 5) is 0. The van der Waals surface area contributed by atoms with Crippen LogP contribution in [0.1, 0.15) is 111 Å². The van der Waals surface area contributed by atoms with Crippen LogP contribution in [0, 0.1) is 23.3 Å². The standard InChI is InChI=1S/2C24H34F2NP2.2Pd/c2*1-15(2)28(16(3)4)23-13-19(25)9-11-21(23)27-22-12-10-20(26)14-24(22)29(17(5)6)18(7)8;;/h2*9-18H,1-8H3;;/q2*-1;;/p+4. The first-order valence-electron chi connectivity index (χ1n) is 21.1. The van der Waals surface area contributed by atoms with Crippen LogP contribution in [0.2, 0.25) is 0 Å². The summed E-state index contributed by atoms with van der Waals surface area (Å²) >= 11 is 0. The Morgan fingerprint density at radius 3 is 0.583 bits per heavy atom. The summed E-state index contributed by atoms with van der Waals surface area (Å²) in [5, 5.41) is 14.2. The second-order valence-corrected chi connectivity index (χ2v) is 33.0. The van der Waals surface area contributed by atoms with Crippen LogP contribution in [0.3, 0.4) is 0 Å².